The van der Waals surface area contributed by atoms with Crippen LogP contribution >= 0.6 is 11.6 Å². The minimum Gasteiger partial charge on any atom is -0.364 e. The molecule has 0 bridgehead atoms. The summed E-state index contributed by atoms with van der Waals surface area (Å²) in [6.45, 7) is 2.94. The molecule has 9 rings (SSSR count). The van der Waals surface area contributed by atoms with E-state index in [1.54, 1.807) is 24.8 Å². The summed E-state index contributed by atoms with van der Waals surface area (Å²) in [7, 11) is 0. The number of nitrogens with one attached hydrogen (secondary N) is 2. The molecule has 10 nitrogen and oxygen atoms in total. The van der Waals surface area contributed by atoms with Crippen LogP contribution in [0.15, 0.2) is 164 Å². The summed E-state index contributed by atoms with van der Waals surface area (Å²) in [6, 6.07) is 48.4. The van der Waals surface area contributed by atoms with Gasteiger partial charge in [-0.15, -0.1) is 0 Å². The van der Waals surface area contributed by atoms with E-state index >= 15 is 0 Å². The predicted octanol–water partition coefficient (Wildman–Crippen LogP) is 11.0. The van der Waals surface area contributed by atoms with Gasteiger partial charge in [-0.05, 0) is 88.8 Å². The van der Waals surface area contributed by atoms with Crippen molar-refractivity contribution in [2.24, 2.45) is 0 Å². The SMILES string of the molecule is CC(C#N)c1cncc(-c2nc(NCc3ccccn3)c3c(-c4ccccc4)cccc3n2)c1.Clc1nc(NCc2ccccn2)c2c(-c3ccccc3)cccc2n1. The van der Waals surface area contributed by atoms with Crippen molar-refractivity contribution in [3.05, 3.63) is 187 Å². The van der Waals surface area contributed by atoms with Crippen molar-refractivity contribution in [1.29, 1.82) is 5.26 Å². The van der Waals surface area contributed by atoms with Gasteiger partial charge in [0, 0.05) is 30.4 Å². The lowest BCUT2D eigenvalue weighted by atomic mass is 10.00. The largest absolute Gasteiger partial charge is 0.364 e. The second kappa shape index (κ2) is 18.1. The van der Waals surface area contributed by atoms with Crippen LogP contribution < -0.4 is 10.6 Å². The Balaban J connectivity index is 0.000000172. The van der Waals surface area contributed by atoms with Gasteiger partial charge in [-0.1, -0.05) is 97.1 Å². The van der Waals surface area contributed by atoms with Crippen molar-refractivity contribution in [1.82, 2.24) is 34.9 Å². The second-order valence-corrected chi connectivity index (χ2v) is 13.9. The fourth-order valence-electron chi connectivity index (χ4n) is 6.68. The molecular formula is C48H37ClN10. The van der Waals surface area contributed by atoms with Gasteiger partial charge in [0.1, 0.15) is 11.6 Å². The van der Waals surface area contributed by atoms with Gasteiger partial charge in [0.25, 0.3) is 0 Å². The van der Waals surface area contributed by atoms with Gasteiger partial charge < -0.3 is 10.6 Å². The minimum atomic E-state index is -0.264. The van der Waals surface area contributed by atoms with Crippen LogP contribution in [-0.2, 0) is 13.1 Å². The van der Waals surface area contributed by atoms with E-state index in [0.29, 0.717) is 24.7 Å². The third-order valence-corrected chi connectivity index (χ3v) is 9.80. The molecule has 0 aliphatic carbocycles. The highest BCUT2D eigenvalue weighted by atomic mass is 35.5. The highest BCUT2D eigenvalue weighted by molar-refractivity contribution is 6.29. The summed E-state index contributed by atoms with van der Waals surface area (Å²) >= 11 is 6.13. The maximum absolute atomic E-state index is 9.33. The number of fused-ring (bicyclic) bond motifs is 2. The molecule has 0 saturated heterocycles. The zero-order chi connectivity index (χ0) is 40.4. The first-order chi connectivity index (χ1) is 29.0. The van der Waals surface area contributed by atoms with E-state index in [4.69, 9.17) is 21.6 Å². The van der Waals surface area contributed by atoms with E-state index in [9.17, 15) is 5.26 Å². The summed E-state index contributed by atoms with van der Waals surface area (Å²) in [5, 5.41) is 18.3. The van der Waals surface area contributed by atoms with Gasteiger partial charge in [-0.2, -0.15) is 5.26 Å². The first kappa shape index (κ1) is 38.3. The summed E-state index contributed by atoms with van der Waals surface area (Å²) in [5.41, 5.74) is 9.42. The van der Waals surface area contributed by atoms with Gasteiger partial charge in [-0.25, -0.2) is 19.9 Å². The van der Waals surface area contributed by atoms with Gasteiger partial charge in [-0.3, -0.25) is 15.0 Å². The number of benzene rings is 4. The van der Waals surface area contributed by atoms with Gasteiger partial charge in [0.05, 0.1) is 58.3 Å². The third-order valence-electron chi connectivity index (χ3n) is 9.63. The highest BCUT2D eigenvalue weighted by Gasteiger charge is 2.16. The van der Waals surface area contributed by atoms with Crippen LogP contribution in [0.5, 0.6) is 0 Å². The molecular weight excluding hydrogens is 752 g/mol. The summed E-state index contributed by atoms with van der Waals surface area (Å²) < 4.78 is 0. The van der Waals surface area contributed by atoms with E-state index in [1.807, 2.05) is 110 Å². The molecule has 59 heavy (non-hydrogen) atoms. The fraction of sp³-hybridized carbons (Fsp3) is 0.0833. The van der Waals surface area contributed by atoms with Crippen molar-refractivity contribution in [2.75, 3.05) is 10.6 Å². The Morgan fingerprint density at radius 2 is 1.12 bits per heavy atom. The fourth-order valence-corrected chi connectivity index (χ4v) is 6.86. The molecule has 1 unspecified atom stereocenters. The minimum absolute atomic E-state index is 0.223. The maximum Gasteiger partial charge on any atom is 0.224 e. The molecule has 0 aliphatic heterocycles. The number of hydrogen-bond donors (Lipinski definition) is 2. The van der Waals surface area contributed by atoms with Crippen LogP contribution in [0, 0.1) is 11.3 Å². The van der Waals surface area contributed by atoms with Crippen LogP contribution in [0.3, 0.4) is 0 Å². The molecule has 0 fully saturated rings. The third kappa shape index (κ3) is 9.02. The van der Waals surface area contributed by atoms with Crippen LogP contribution in [0.1, 0.15) is 29.8 Å². The topological polar surface area (TPSA) is 138 Å². The molecule has 0 spiro atoms. The van der Waals surface area contributed by atoms with E-state index < -0.39 is 0 Å². The molecule has 9 aromatic rings. The zero-order valence-electron chi connectivity index (χ0n) is 32.0. The van der Waals surface area contributed by atoms with Crippen molar-refractivity contribution in [2.45, 2.75) is 25.9 Å². The molecule has 5 aromatic heterocycles. The van der Waals surface area contributed by atoms with E-state index in [0.717, 1.165) is 72.4 Å². The van der Waals surface area contributed by atoms with Gasteiger partial charge >= 0.3 is 0 Å². The number of hydrogen-bond acceptors (Lipinski definition) is 10. The van der Waals surface area contributed by atoms with Crippen LogP contribution in [0.25, 0.3) is 55.4 Å². The average Bonchev–Trinajstić information content (AvgIpc) is 3.30. The smallest absolute Gasteiger partial charge is 0.224 e. The molecule has 0 amide bonds. The Morgan fingerprint density at radius 1 is 0.576 bits per heavy atom. The molecule has 5 heterocycles. The second-order valence-electron chi connectivity index (χ2n) is 13.6. The van der Waals surface area contributed by atoms with E-state index in [2.05, 4.69) is 78.0 Å². The number of pyridine rings is 3. The molecule has 286 valence electrons. The monoisotopic (exact) mass is 788 g/mol. The number of anilines is 2. The lowest BCUT2D eigenvalue weighted by molar-refractivity contribution is 0.966. The van der Waals surface area contributed by atoms with Crippen LogP contribution in [0.2, 0.25) is 5.28 Å². The molecule has 11 heteroatoms. The number of nitrogens with zero attached hydrogens (tertiary/aromatic N) is 8. The van der Waals surface area contributed by atoms with Crippen LogP contribution in [0.4, 0.5) is 11.6 Å². The van der Waals surface area contributed by atoms with Crippen molar-refractivity contribution in [3.8, 4) is 39.7 Å². The summed E-state index contributed by atoms with van der Waals surface area (Å²) in [4.78, 5) is 31.7. The highest BCUT2D eigenvalue weighted by Crippen LogP contribution is 2.35. The van der Waals surface area contributed by atoms with E-state index in [1.165, 1.54) is 0 Å². The van der Waals surface area contributed by atoms with Gasteiger partial charge in [0.15, 0.2) is 5.82 Å². The van der Waals surface area contributed by atoms with Crippen molar-refractivity contribution in [3.63, 3.8) is 0 Å². The molecule has 0 aliphatic rings. The zero-order valence-corrected chi connectivity index (χ0v) is 32.8. The first-order valence-corrected chi connectivity index (χ1v) is 19.4. The maximum atomic E-state index is 9.33. The van der Waals surface area contributed by atoms with Crippen LogP contribution in [-0.4, -0.2) is 34.9 Å². The Morgan fingerprint density at radius 3 is 1.66 bits per heavy atom. The molecule has 1 atom stereocenters. The van der Waals surface area contributed by atoms with Crippen molar-refractivity contribution < 1.29 is 0 Å². The lowest BCUT2D eigenvalue weighted by Gasteiger charge is -2.15. The van der Waals surface area contributed by atoms with Crippen molar-refractivity contribution >= 4 is 45.0 Å². The number of aromatic nitrogens is 7. The lowest BCUT2D eigenvalue weighted by Crippen LogP contribution is -2.06. The Labute approximate surface area is 346 Å². The van der Waals surface area contributed by atoms with E-state index in [-0.39, 0.29) is 11.2 Å². The Kier molecular flexibility index (Phi) is 11.7. The molecule has 0 radical (unpaired) electrons. The molecule has 0 saturated carbocycles. The molecule has 4 aromatic carbocycles. The summed E-state index contributed by atoms with van der Waals surface area (Å²) in [5.74, 6) is 1.73. The normalized spacial score (nSPS) is 11.3. The van der Waals surface area contributed by atoms with Gasteiger partial charge in [0.2, 0.25) is 5.28 Å². The summed E-state index contributed by atoms with van der Waals surface area (Å²) in [6.07, 6.45) is 7.01. The standard InChI is InChI=1S/C28H22N6.C20H15ClN4/c1-19(15-29)21-14-22(17-30-16-21)27-33-25-12-7-11-24(20-8-3-2-4-9-20)26(25)28(34-27)32-18-23-10-5-6-13-31-23;21-20-24-17-11-6-10-16(14-7-2-1-3-8-14)18(17)19(25-20)23-13-15-9-4-5-12-22-15/h2-14,16-17,19H,18H2,1H3,(H,32,33,34);1-12H,13H2,(H,23,24,25). The Hall–Kier alpha value is -7.61. The Bertz CT molecular complexity index is 2870. The predicted molar refractivity (Wildman–Crippen MR) is 235 cm³/mol. The average molecular weight is 789 g/mol. The quantitative estimate of drug-likeness (QED) is 0.129. The first-order valence-electron chi connectivity index (χ1n) is 19.0. The molecule has 2 N–H and O–H groups in total. The number of nitriles is 1. The number of rotatable bonds is 10. The number of halogens is 1.